The van der Waals surface area contributed by atoms with Gasteiger partial charge in [0, 0.05) is 19.5 Å². The molecule has 0 spiro atoms. The van der Waals surface area contributed by atoms with Crippen molar-refractivity contribution in [1.29, 1.82) is 0 Å². The maximum atomic E-state index is 11.4. The van der Waals surface area contributed by atoms with E-state index in [0.29, 0.717) is 20.8 Å². The summed E-state index contributed by atoms with van der Waals surface area (Å²) in [5, 5.41) is 0. The zero-order valence-electron chi connectivity index (χ0n) is 9.03. The van der Waals surface area contributed by atoms with E-state index in [1.807, 2.05) is 41.5 Å². The Hall–Kier alpha value is -0.700. The molecule has 0 aliphatic heterocycles. The lowest BCUT2D eigenvalue weighted by atomic mass is 10.2. The Morgan fingerprint density at radius 2 is 2.44 bits per heavy atom. The van der Waals surface area contributed by atoms with E-state index in [1.165, 1.54) is 6.33 Å². The first-order chi connectivity index (χ1) is 7.43. The van der Waals surface area contributed by atoms with E-state index in [9.17, 15) is 4.79 Å². The number of thiocarbonyl (C=S) groups is 1. The molecule has 0 saturated heterocycles. The van der Waals surface area contributed by atoms with Gasteiger partial charge in [-0.3, -0.25) is 4.79 Å². The van der Waals surface area contributed by atoms with Crippen molar-refractivity contribution in [3.8, 4) is 0 Å². The predicted octanol–water partition coefficient (Wildman–Crippen LogP) is 0.875. The zero-order valence-corrected chi connectivity index (χ0v) is 12.0. The number of nitrogens with two attached hydrogens (primary N) is 1. The van der Waals surface area contributed by atoms with E-state index in [4.69, 9.17) is 18.0 Å². The van der Waals surface area contributed by atoms with Crippen LogP contribution in [0, 0.1) is 3.57 Å². The van der Waals surface area contributed by atoms with Crippen LogP contribution in [0.4, 0.5) is 5.82 Å². The fraction of sp³-hybridized carbons (Fsp3) is 0.444. The third-order valence-corrected chi connectivity index (χ3v) is 3.41. The van der Waals surface area contributed by atoms with Gasteiger partial charge in [-0.15, -0.1) is 0 Å². The van der Waals surface area contributed by atoms with E-state index in [-0.39, 0.29) is 11.6 Å². The molecule has 0 radical (unpaired) electrons. The number of nitrogens with zero attached hydrogens (tertiary/aromatic N) is 2. The van der Waals surface area contributed by atoms with Crippen molar-refractivity contribution in [2.24, 2.45) is 5.73 Å². The minimum Gasteiger partial charge on any atom is -0.393 e. The van der Waals surface area contributed by atoms with Crippen molar-refractivity contribution in [1.82, 2.24) is 9.97 Å². The quantitative estimate of drug-likeness (QED) is 0.622. The van der Waals surface area contributed by atoms with Gasteiger partial charge in [0.2, 0.25) is 0 Å². The van der Waals surface area contributed by atoms with Gasteiger partial charge in [-0.1, -0.05) is 12.2 Å². The van der Waals surface area contributed by atoms with Crippen LogP contribution in [0.5, 0.6) is 0 Å². The minimum absolute atomic E-state index is 0.111. The summed E-state index contributed by atoms with van der Waals surface area (Å²) in [5.41, 5.74) is 5.35. The van der Waals surface area contributed by atoms with Gasteiger partial charge < -0.3 is 15.6 Å². The van der Waals surface area contributed by atoms with Crippen LogP contribution in [0.2, 0.25) is 0 Å². The lowest BCUT2D eigenvalue weighted by Crippen LogP contribution is -2.34. The lowest BCUT2D eigenvalue weighted by molar-refractivity contribution is 0.701. The zero-order chi connectivity index (χ0) is 12.3. The number of aromatic nitrogens is 2. The molecule has 0 aromatic carbocycles. The molecule has 0 saturated carbocycles. The smallest absolute Gasteiger partial charge is 0.266 e. The highest BCUT2D eigenvalue weighted by atomic mass is 127. The molecule has 1 aromatic rings. The first-order valence-corrected chi connectivity index (χ1v) is 6.16. The molecule has 5 nitrogen and oxygen atoms in total. The Balaban J connectivity index is 2.96. The SMILES string of the molecule is CC(CC(N)=S)N(C)c1nc[nH]c(=O)c1I. The van der Waals surface area contributed by atoms with E-state index in [0.717, 1.165) is 0 Å². The van der Waals surface area contributed by atoms with Crippen LogP contribution in [0.15, 0.2) is 11.1 Å². The van der Waals surface area contributed by atoms with Gasteiger partial charge in [-0.25, -0.2) is 4.98 Å². The van der Waals surface area contributed by atoms with Crippen LogP contribution in [-0.4, -0.2) is 28.0 Å². The van der Waals surface area contributed by atoms with Crippen LogP contribution >= 0.6 is 34.8 Å². The second-order valence-electron chi connectivity index (χ2n) is 3.50. The Morgan fingerprint density at radius 3 is 3.00 bits per heavy atom. The van der Waals surface area contributed by atoms with Crippen LogP contribution in [-0.2, 0) is 0 Å². The van der Waals surface area contributed by atoms with Crippen molar-refractivity contribution in [2.75, 3.05) is 11.9 Å². The molecule has 1 aromatic heterocycles. The summed E-state index contributed by atoms with van der Waals surface area (Å²) in [4.78, 5) is 20.4. The van der Waals surface area contributed by atoms with Gasteiger partial charge in [0.25, 0.3) is 5.56 Å². The maximum absolute atomic E-state index is 11.4. The number of H-pyrrole nitrogens is 1. The molecule has 0 fully saturated rings. The molecule has 1 heterocycles. The Kier molecular flexibility index (Phi) is 4.66. The number of aromatic amines is 1. The van der Waals surface area contributed by atoms with Gasteiger partial charge in [-0.05, 0) is 29.5 Å². The standard InChI is InChI=1S/C9H13IN4OS/c1-5(3-6(11)16)14(2)8-7(10)9(15)13-4-12-8/h4-5H,3H2,1-2H3,(H2,11,16)(H,12,13,15). The van der Waals surface area contributed by atoms with E-state index < -0.39 is 0 Å². The van der Waals surface area contributed by atoms with E-state index >= 15 is 0 Å². The summed E-state index contributed by atoms with van der Waals surface area (Å²) in [7, 11) is 1.87. The summed E-state index contributed by atoms with van der Waals surface area (Å²) >= 11 is 6.84. The number of nitrogens with one attached hydrogen (secondary N) is 1. The molecule has 1 rings (SSSR count). The molecule has 7 heteroatoms. The van der Waals surface area contributed by atoms with Crippen LogP contribution in [0.1, 0.15) is 13.3 Å². The molecule has 1 unspecified atom stereocenters. The molecular weight excluding hydrogens is 339 g/mol. The van der Waals surface area contributed by atoms with E-state index in [1.54, 1.807) is 0 Å². The van der Waals surface area contributed by atoms with Gasteiger partial charge in [-0.2, -0.15) is 0 Å². The summed E-state index contributed by atoms with van der Waals surface area (Å²) in [6, 6.07) is 0.111. The highest BCUT2D eigenvalue weighted by Crippen LogP contribution is 2.17. The molecule has 0 aliphatic rings. The summed E-state index contributed by atoms with van der Waals surface area (Å²) in [6.07, 6.45) is 1.99. The lowest BCUT2D eigenvalue weighted by Gasteiger charge is -2.25. The fourth-order valence-corrected chi connectivity index (χ4v) is 2.17. The van der Waals surface area contributed by atoms with Crippen molar-refractivity contribution in [3.05, 3.63) is 20.3 Å². The summed E-state index contributed by atoms with van der Waals surface area (Å²) in [5.74, 6) is 0.646. The normalized spacial score (nSPS) is 12.2. The van der Waals surface area contributed by atoms with Crippen molar-refractivity contribution >= 4 is 45.6 Å². The molecule has 88 valence electrons. The topological polar surface area (TPSA) is 75.0 Å². The summed E-state index contributed by atoms with van der Waals surface area (Å²) in [6.45, 7) is 1.98. The number of hydrogen-bond acceptors (Lipinski definition) is 4. The highest BCUT2D eigenvalue weighted by molar-refractivity contribution is 14.1. The second kappa shape index (κ2) is 5.58. The van der Waals surface area contributed by atoms with Gasteiger partial charge in [0.1, 0.15) is 9.39 Å². The van der Waals surface area contributed by atoms with Crippen LogP contribution in [0.3, 0.4) is 0 Å². The monoisotopic (exact) mass is 352 g/mol. The van der Waals surface area contributed by atoms with Crippen LogP contribution < -0.4 is 16.2 Å². The summed E-state index contributed by atoms with van der Waals surface area (Å²) < 4.78 is 0.567. The number of anilines is 1. The number of halogens is 1. The average molecular weight is 352 g/mol. The minimum atomic E-state index is -0.139. The molecule has 16 heavy (non-hydrogen) atoms. The highest BCUT2D eigenvalue weighted by Gasteiger charge is 2.16. The Labute approximate surface area is 113 Å². The molecular formula is C9H13IN4OS. The number of hydrogen-bond donors (Lipinski definition) is 2. The van der Waals surface area contributed by atoms with Gasteiger partial charge in [0.05, 0.1) is 11.3 Å². The molecule has 0 amide bonds. The maximum Gasteiger partial charge on any atom is 0.266 e. The van der Waals surface area contributed by atoms with Crippen molar-refractivity contribution < 1.29 is 0 Å². The van der Waals surface area contributed by atoms with Crippen molar-refractivity contribution in [3.63, 3.8) is 0 Å². The van der Waals surface area contributed by atoms with E-state index in [2.05, 4.69) is 9.97 Å². The molecule has 0 bridgehead atoms. The first kappa shape index (κ1) is 13.4. The number of rotatable bonds is 4. The molecule has 0 aliphatic carbocycles. The molecule has 3 N–H and O–H groups in total. The van der Waals surface area contributed by atoms with Gasteiger partial charge in [0.15, 0.2) is 0 Å². The third kappa shape index (κ3) is 3.14. The average Bonchev–Trinajstić information content (AvgIpc) is 2.20. The van der Waals surface area contributed by atoms with Crippen LogP contribution in [0.25, 0.3) is 0 Å². The predicted molar refractivity (Wildman–Crippen MR) is 76.8 cm³/mol. The Morgan fingerprint density at radius 1 is 1.81 bits per heavy atom. The van der Waals surface area contributed by atoms with Gasteiger partial charge >= 0.3 is 0 Å². The molecule has 1 atom stereocenters. The largest absolute Gasteiger partial charge is 0.393 e. The Bertz CT molecular complexity index is 447. The first-order valence-electron chi connectivity index (χ1n) is 4.67. The van der Waals surface area contributed by atoms with Crippen molar-refractivity contribution in [2.45, 2.75) is 19.4 Å². The second-order valence-corrected chi connectivity index (χ2v) is 5.10. The fourth-order valence-electron chi connectivity index (χ4n) is 1.26. The third-order valence-electron chi connectivity index (χ3n) is 2.27.